The third kappa shape index (κ3) is 2.75. The van der Waals surface area contributed by atoms with E-state index >= 15 is 0 Å². The molecule has 0 fully saturated rings. The van der Waals surface area contributed by atoms with Gasteiger partial charge in [-0.05, 0) is 12.1 Å². The first-order valence-corrected chi connectivity index (χ1v) is 5.16. The lowest BCUT2D eigenvalue weighted by atomic mass is 10.1. The number of carbonyl (C=O) groups is 1. The average Bonchev–Trinajstić information content (AvgIpc) is 2.35. The van der Waals surface area contributed by atoms with E-state index in [-0.39, 0.29) is 11.3 Å². The zero-order valence-corrected chi connectivity index (χ0v) is 10.7. The lowest BCUT2D eigenvalue weighted by molar-refractivity contribution is -0.384. The van der Waals surface area contributed by atoms with Gasteiger partial charge in [0.25, 0.3) is 5.69 Å². The van der Waals surface area contributed by atoms with Crippen molar-refractivity contribution in [3.8, 4) is 0 Å². The van der Waals surface area contributed by atoms with Gasteiger partial charge in [0.2, 0.25) is 0 Å². The van der Waals surface area contributed by atoms with Gasteiger partial charge in [0.15, 0.2) is 0 Å². The predicted molar refractivity (Wildman–Crippen MR) is 66.5 cm³/mol. The van der Waals surface area contributed by atoms with E-state index in [0.29, 0.717) is 5.69 Å². The summed E-state index contributed by atoms with van der Waals surface area (Å²) in [6, 6.07) is 4.22. The number of hydrogen-bond acceptors (Lipinski definition) is 6. The molecule has 0 radical (unpaired) electrons. The van der Waals surface area contributed by atoms with Crippen LogP contribution in [0, 0.1) is 10.1 Å². The number of hydrogen-bond donors (Lipinski definition) is 0. The Balaban J connectivity index is 3.29. The van der Waals surface area contributed by atoms with Crippen LogP contribution >= 0.6 is 0 Å². The van der Waals surface area contributed by atoms with E-state index in [1.165, 1.54) is 25.3 Å². The van der Waals surface area contributed by atoms with Crippen LogP contribution in [0.2, 0.25) is 0 Å². The molecule has 0 atom stereocenters. The van der Waals surface area contributed by atoms with Crippen LogP contribution in [0.3, 0.4) is 0 Å². The van der Waals surface area contributed by atoms with Gasteiger partial charge in [-0.25, -0.2) is 9.80 Å². The molecule has 0 aromatic heterocycles. The number of benzene rings is 1. The van der Waals surface area contributed by atoms with Crippen molar-refractivity contribution in [3.05, 3.63) is 33.9 Å². The number of hydrazine groups is 1. The lowest BCUT2D eigenvalue weighted by Gasteiger charge is -2.26. The van der Waals surface area contributed by atoms with Gasteiger partial charge in [-0.2, -0.15) is 0 Å². The topological polar surface area (TPSA) is 75.9 Å². The van der Waals surface area contributed by atoms with E-state index in [9.17, 15) is 14.9 Å². The van der Waals surface area contributed by atoms with Crippen molar-refractivity contribution in [2.24, 2.45) is 0 Å². The van der Waals surface area contributed by atoms with E-state index < -0.39 is 10.9 Å². The molecule has 1 aromatic carbocycles. The van der Waals surface area contributed by atoms with Crippen LogP contribution in [-0.4, -0.2) is 44.2 Å². The highest BCUT2D eigenvalue weighted by Gasteiger charge is 2.21. The van der Waals surface area contributed by atoms with Gasteiger partial charge >= 0.3 is 5.97 Å². The van der Waals surface area contributed by atoms with Crippen molar-refractivity contribution in [2.75, 3.05) is 33.3 Å². The molecule has 0 aliphatic heterocycles. The third-order valence-corrected chi connectivity index (χ3v) is 2.54. The van der Waals surface area contributed by atoms with Crippen LogP contribution < -0.4 is 5.01 Å². The Labute approximate surface area is 105 Å². The number of ether oxygens (including phenoxy) is 1. The van der Waals surface area contributed by atoms with Gasteiger partial charge in [-0.15, -0.1) is 0 Å². The maximum absolute atomic E-state index is 11.3. The summed E-state index contributed by atoms with van der Waals surface area (Å²) in [5, 5.41) is 14.3. The van der Waals surface area contributed by atoms with Gasteiger partial charge in [0.1, 0.15) is 5.69 Å². The van der Waals surface area contributed by atoms with E-state index in [4.69, 9.17) is 0 Å². The van der Waals surface area contributed by atoms with E-state index in [2.05, 4.69) is 4.74 Å². The summed E-state index contributed by atoms with van der Waals surface area (Å²) in [4.78, 5) is 21.8. The van der Waals surface area contributed by atoms with Crippen molar-refractivity contribution in [1.29, 1.82) is 0 Å². The molecule has 7 heteroatoms. The normalized spacial score (nSPS) is 10.3. The van der Waals surface area contributed by atoms with Gasteiger partial charge in [0, 0.05) is 27.2 Å². The molecule has 1 aromatic rings. The van der Waals surface area contributed by atoms with Crippen LogP contribution in [0.5, 0.6) is 0 Å². The molecule has 0 bridgehead atoms. The second-order valence-corrected chi connectivity index (χ2v) is 3.82. The standard InChI is InChI=1S/C11H15N3O4/c1-12(2)13(3)9-6-5-8(11(15)18-4)7-10(9)14(16)17/h5-7H,1-4H3. The molecule has 0 amide bonds. The second kappa shape index (κ2) is 5.46. The number of rotatable bonds is 4. The number of nitrogens with zero attached hydrogens (tertiary/aromatic N) is 3. The molecule has 0 unspecified atom stereocenters. The molecule has 98 valence electrons. The maximum Gasteiger partial charge on any atom is 0.338 e. The minimum atomic E-state index is -0.600. The Kier molecular flexibility index (Phi) is 4.22. The Hall–Kier alpha value is -2.15. The molecule has 0 saturated heterocycles. The molecule has 0 aliphatic rings. The zero-order chi connectivity index (χ0) is 13.9. The molecule has 0 N–H and O–H groups in total. The summed E-state index contributed by atoms with van der Waals surface area (Å²) in [5.41, 5.74) is 0.409. The first kappa shape index (κ1) is 13.9. The Morgan fingerprint density at radius 2 is 1.94 bits per heavy atom. The SMILES string of the molecule is COC(=O)c1ccc(N(C)N(C)C)c([N+](=O)[O-])c1. The van der Waals surface area contributed by atoms with E-state index in [1.54, 1.807) is 31.2 Å². The summed E-state index contributed by atoms with van der Waals surface area (Å²) in [5.74, 6) is -0.600. The number of methoxy groups -OCH3 is 1. The fourth-order valence-electron chi connectivity index (χ4n) is 1.40. The average molecular weight is 253 g/mol. The van der Waals surface area contributed by atoms with Crippen LogP contribution in [0.15, 0.2) is 18.2 Å². The number of nitro benzene ring substituents is 1. The molecule has 1 rings (SSSR count). The van der Waals surface area contributed by atoms with Gasteiger partial charge in [-0.3, -0.25) is 10.1 Å². The number of anilines is 1. The van der Waals surface area contributed by atoms with Crippen molar-refractivity contribution < 1.29 is 14.5 Å². The van der Waals surface area contributed by atoms with Crippen LogP contribution in [0.4, 0.5) is 11.4 Å². The van der Waals surface area contributed by atoms with Gasteiger partial charge in [0.05, 0.1) is 17.6 Å². The van der Waals surface area contributed by atoms with Crippen molar-refractivity contribution in [1.82, 2.24) is 5.01 Å². The Morgan fingerprint density at radius 3 is 2.39 bits per heavy atom. The first-order chi connectivity index (χ1) is 8.38. The molecular weight excluding hydrogens is 238 g/mol. The highest BCUT2D eigenvalue weighted by Crippen LogP contribution is 2.29. The molecule has 18 heavy (non-hydrogen) atoms. The molecule has 0 heterocycles. The monoisotopic (exact) mass is 253 g/mol. The molecule has 7 nitrogen and oxygen atoms in total. The Bertz CT molecular complexity index is 473. The highest BCUT2D eigenvalue weighted by atomic mass is 16.6. The number of nitro groups is 1. The van der Waals surface area contributed by atoms with Gasteiger partial charge in [-0.1, -0.05) is 0 Å². The highest BCUT2D eigenvalue weighted by molar-refractivity contribution is 5.91. The van der Waals surface area contributed by atoms with Crippen LogP contribution in [-0.2, 0) is 4.74 Å². The second-order valence-electron chi connectivity index (χ2n) is 3.82. The van der Waals surface area contributed by atoms with Crippen molar-refractivity contribution in [2.45, 2.75) is 0 Å². The third-order valence-electron chi connectivity index (χ3n) is 2.54. The minimum Gasteiger partial charge on any atom is -0.465 e. The largest absolute Gasteiger partial charge is 0.465 e. The fraction of sp³-hybridized carbons (Fsp3) is 0.364. The Morgan fingerprint density at radius 1 is 1.33 bits per heavy atom. The lowest BCUT2D eigenvalue weighted by Crippen LogP contribution is -2.33. The summed E-state index contributed by atoms with van der Waals surface area (Å²) in [7, 11) is 6.45. The van der Waals surface area contributed by atoms with E-state index in [0.717, 1.165) is 0 Å². The van der Waals surface area contributed by atoms with Crippen molar-refractivity contribution >= 4 is 17.3 Å². The molecule has 0 aliphatic carbocycles. The fourth-order valence-corrected chi connectivity index (χ4v) is 1.40. The first-order valence-electron chi connectivity index (χ1n) is 5.16. The van der Waals surface area contributed by atoms with Crippen LogP contribution in [0.1, 0.15) is 10.4 Å². The summed E-state index contributed by atoms with van der Waals surface area (Å²) in [6.07, 6.45) is 0. The van der Waals surface area contributed by atoms with E-state index in [1.807, 2.05) is 0 Å². The predicted octanol–water partition coefficient (Wildman–Crippen LogP) is 1.29. The minimum absolute atomic E-state index is 0.144. The summed E-state index contributed by atoms with van der Waals surface area (Å²) < 4.78 is 4.53. The number of esters is 1. The smallest absolute Gasteiger partial charge is 0.338 e. The van der Waals surface area contributed by atoms with Crippen molar-refractivity contribution in [3.63, 3.8) is 0 Å². The number of carbonyl (C=O) groups excluding carboxylic acids is 1. The zero-order valence-electron chi connectivity index (χ0n) is 10.7. The summed E-state index contributed by atoms with van der Waals surface area (Å²) in [6.45, 7) is 0. The van der Waals surface area contributed by atoms with Gasteiger partial charge < -0.3 is 9.75 Å². The molecule has 0 spiro atoms. The summed E-state index contributed by atoms with van der Waals surface area (Å²) >= 11 is 0. The molecular formula is C11H15N3O4. The molecule has 0 saturated carbocycles. The quantitative estimate of drug-likeness (QED) is 0.457. The maximum atomic E-state index is 11.3. The van der Waals surface area contributed by atoms with Crippen LogP contribution in [0.25, 0.3) is 0 Å².